The van der Waals surface area contributed by atoms with E-state index in [9.17, 15) is 4.79 Å². The summed E-state index contributed by atoms with van der Waals surface area (Å²) in [4.78, 5) is 27.6. The predicted octanol–water partition coefficient (Wildman–Crippen LogP) is 7.20. The molecule has 1 fully saturated rings. The van der Waals surface area contributed by atoms with Crippen molar-refractivity contribution >= 4 is 45.7 Å². The molecule has 1 N–H and O–H groups in total. The number of carbonyl (C=O) groups excluding carboxylic acids is 1. The molecule has 5 aromatic rings. The topological polar surface area (TPSA) is 89.1 Å². The van der Waals surface area contributed by atoms with Crippen LogP contribution in [0.4, 0.5) is 5.69 Å². The van der Waals surface area contributed by atoms with Gasteiger partial charge in [-0.3, -0.25) is 24.6 Å². The Labute approximate surface area is 284 Å². The number of ether oxygens (including phenoxy) is 3. The van der Waals surface area contributed by atoms with Crippen LogP contribution < -0.4 is 19.5 Å². The molecular formula is C36H35Cl2N5O4. The lowest BCUT2D eigenvalue weighted by molar-refractivity contribution is 0.102. The minimum Gasteiger partial charge on any atom is -0.497 e. The first kappa shape index (κ1) is 32.5. The summed E-state index contributed by atoms with van der Waals surface area (Å²) in [5.41, 5.74) is 4.97. The van der Waals surface area contributed by atoms with Crippen molar-refractivity contribution in [3.63, 3.8) is 0 Å². The molecule has 3 aromatic carbocycles. The molecule has 11 heteroatoms. The second-order valence-corrected chi connectivity index (χ2v) is 12.0. The van der Waals surface area contributed by atoms with Crippen molar-refractivity contribution in [2.75, 3.05) is 52.8 Å². The molecule has 0 aliphatic carbocycles. The number of pyridine rings is 2. The Morgan fingerprint density at radius 3 is 2.11 bits per heavy atom. The maximum Gasteiger partial charge on any atom is 0.257 e. The Morgan fingerprint density at radius 2 is 1.49 bits per heavy atom. The van der Waals surface area contributed by atoms with E-state index in [0.29, 0.717) is 54.8 Å². The Morgan fingerprint density at radius 1 is 0.809 bits per heavy atom. The standard InChI is InChI=1S/C36H35Cl2N5O4/c1-45-26-10-6-23(7-11-26)21-42-15-17-43(18-16-42)22-25-9-8-24(20-40-25)41-36(44)29-13-12-27(28-5-4-14-39-35(28)29)32-33(37)30(46-2)19-31(47-3)34(32)38/h4-14,19-20H,15-18,21-22H2,1-3H3,(H,41,44). The van der Waals surface area contributed by atoms with Crippen LogP contribution in [0, 0.1) is 0 Å². The van der Waals surface area contributed by atoms with Crippen LogP contribution in [0.1, 0.15) is 21.6 Å². The first-order valence-corrected chi connectivity index (χ1v) is 16.0. The number of benzene rings is 3. The zero-order chi connectivity index (χ0) is 32.9. The van der Waals surface area contributed by atoms with Crippen molar-refractivity contribution < 1.29 is 19.0 Å². The average Bonchev–Trinajstić information content (AvgIpc) is 3.10. The number of methoxy groups -OCH3 is 3. The lowest BCUT2D eigenvalue weighted by Gasteiger charge is -2.34. The summed E-state index contributed by atoms with van der Waals surface area (Å²) in [7, 11) is 4.74. The van der Waals surface area contributed by atoms with Gasteiger partial charge in [0.1, 0.15) is 17.2 Å². The Balaban J connectivity index is 1.12. The van der Waals surface area contributed by atoms with Gasteiger partial charge in [-0.15, -0.1) is 0 Å². The number of rotatable bonds is 10. The highest BCUT2D eigenvalue weighted by atomic mass is 35.5. The van der Waals surface area contributed by atoms with Crippen molar-refractivity contribution in [1.29, 1.82) is 0 Å². The largest absolute Gasteiger partial charge is 0.497 e. The summed E-state index contributed by atoms with van der Waals surface area (Å²) in [5, 5.41) is 4.35. The number of piperazine rings is 1. The molecule has 0 unspecified atom stereocenters. The molecule has 0 atom stereocenters. The molecule has 3 heterocycles. The monoisotopic (exact) mass is 671 g/mol. The third-order valence-electron chi connectivity index (χ3n) is 8.36. The number of nitrogens with one attached hydrogen (secondary N) is 1. The maximum atomic E-state index is 13.5. The second-order valence-electron chi connectivity index (χ2n) is 11.2. The van der Waals surface area contributed by atoms with Crippen LogP contribution in [-0.2, 0) is 13.1 Å². The van der Waals surface area contributed by atoms with E-state index in [0.717, 1.165) is 50.7 Å². The van der Waals surface area contributed by atoms with Gasteiger partial charge in [0.15, 0.2) is 0 Å². The highest BCUT2D eigenvalue weighted by molar-refractivity contribution is 6.41. The van der Waals surface area contributed by atoms with E-state index < -0.39 is 0 Å². The average molecular weight is 673 g/mol. The van der Waals surface area contributed by atoms with Crippen molar-refractivity contribution in [1.82, 2.24) is 19.8 Å². The highest BCUT2D eigenvalue weighted by Crippen LogP contribution is 2.47. The van der Waals surface area contributed by atoms with Crippen molar-refractivity contribution in [3.05, 3.63) is 106 Å². The fraction of sp³-hybridized carbons (Fsp3) is 0.250. The number of carbonyl (C=O) groups is 1. The Kier molecular flexibility index (Phi) is 10.1. The number of anilines is 1. The molecule has 9 nitrogen and oxygen atoms in total. The highest BCUT2D eigenvalue weighted by Gasteiger charge is 2.23. The second kappa shape index (κ2) is 14.6. The summed E-state index contributed by atoms with van der Waals surface area (Å²) < 4.78 is 16.2. The van der Waals surface area contributed by atoms with Crippen LogP contribution in [0.15, 0.2) is 79.1 Å². The first-order valence-electron chi connectivity index (χ1n) is 15.2. The van der Waals surface area contributed by atoms with E-state index in [1.165, 1.54) is 19.8 Å². The van der Waals surface area contributed by atoms with Gasteiger partial charge in [0.05, 0.1) is 60.0 Å². The first-order chi connectivity index (χ1) is 22.9. The Hall–Kier alpha value is -4.41. The van der Waals surface area contributed by atoms with E-state index in [-0.39, 0.29) is 5.91 Å². The number of hydrogen-bond donors (Lipinski definition) is 1. The van der Waals surface area contributed by atoms with Crippen molar-refractivity contribution in [3.8, 4) is 28.4 Å². The number of aromatic nitrogens is 2. The van der Waals surface area contributed by atoms with Crippen molar-refractivity contribution in [2.45, 2.75) is 13.1 Å². The SMILES string of the molecule is COc1ccc(CN2CCN(Cc3ccc(NC(=O)c4ccc(-c5c(Cl)c(OC)cc(OC)c5Cl)c5cccnc45)cn3)CC2)cc1. The van der Waals surface area contributed by atoms with Gasteiger partial charge in [0, 0.05) is 62.5 Å². The van der Waals surface area contributed by atoms with Crippen LogP contribution >= 0.6 is 23.2 Å². The number of fused-ring (bicyclic) bond motifs is 1. The lowest BCUT2D eigenvalue weighted by Crippen LogP contribution is -2.45. The van der Waals surface area contributed by atoms with Crippen LogP contribution in [-0.4, -0.2) is 73.2 Å². The summed E-state index contributed by atoms with van der Waals surface area (Å²) >= 11 is 13.5. The molecule has 0 spiro atoms. The minimum absolute atomic E-state index is 0.303. The summed E-state index contributed by atoms with van der Waals surface area (Å²) in [6.45, 7) is 5.59. The van der Waals surface area contributed by atoms with E-state index >= 15 is 0 Å². The summed E-state index contributed by atoms with van der Waals surface area (Å²) in [6, 6.07) is 20.9. The van der Waals surface area contributed by atoms with Crippen LogP contribution in [0.3, 0.4) is 0 Å². The molecular weight excluding hydrogens is 637 g/mol. The number of nitrogens with zero attached hydrogens (tertiary/aromatic N) is 4. The van der Waals surface area contributed by atoms with Gasteiger partial charge in [-0.2, -0.15) is 0 Å². The van der Waals surface area contributed by atoms with Gasteiger partial charge in [-0.1, -0.05) is 47.5 Å². The van der Waals surface area contributed by atoms with Gasteiger partial charge < -0.3 is 19.5 Å². The van der Waals surface area contributed by atoms with Gasteiger partial charge in [0.25, 0.3) is 5.91 Å². The fourth-order valence-corrected chi connectivity index (χ4v) is 6.51. The van der Waals surface area contributed by atoms with Gasteiger partial charge in [0.2, 0.25) is 0 Å². The van der Waals surface area contributed by atoms with Gasteiger partial charge >= 0.3 is 0 Å². The molecule has 0 radical (unpaired) electrons. The number of amides is 1. The zero-order valence-corrected chi connectivity index (χ0v) is 27.9. The molecule has 242 valence electrons. The Bertz CT molecular complexity index is 1850. The lowest BCUT2D eigenvalue weighted by atomic mass is 9.96. The van der Waals surface area contributed by atoms with E-state index in [1.807, 2.05) is 36.4 Å². The minimum atomic E-state index is -0.303. The molecule has 6 rings (SSSR count). The van der Waals surface area contributed by atoms with Crippen LogP contribution in [0.25, 0.3) is 22.0 Å². The molecule has 1 amide bonds. The molecule has 1 aliphatic heterocycles. The quantitative estimate of drug-likeness (QED) is 0.167. The summed E-state index contributed by atoms with van der Waals surface area (Å²) in [5.74, 6) is 1.41. The smallest absolute Gasteiger partial charge is 0.257 e. The third-order valence-corrected chi connectivity index (χ3v) is 9.11. The molecule has 47 heavy (non-hydrogen) atoms. The third kappa shape index (κ3) is 7.13. The maximum absolute atomic E-state index is 13.5. The number of hydrogen-bond acceptors (Lipinski definition) is 8. The molecule has 2 aromatic heterocycles. The normalized spacial score (nSPS) is 13.8. The summed E-state index contributed by atoms with van der Waals surface area (Å²) in [6.07, 6.45) is 3.34. The van der Waals surface area contributed by atoms with Gasteiger partial charge in [-0.25, -0.2) is 0 Å². The number of halogens is 2. The molecule has 0 saturated carbocycles. The van der Waals surface area contributed by atoms with E-state index in [4.69, 9.17) is 37.4 Å². The molecule has 1 saturated heterocycles. The van der Waals surface area contributed by atoms with Crippen molar-refractivity contribution in [2.24, 2.45) is 0 Å². The molecule has 0 bridgehead atoms. The van der Waals surface area contributed by atoms with Gasteiger partial charge in [-0.05, 0) is 47.5 Å². The zero-order valence-electron chi connectivity index (χ0n) is 26.4. The van der Waals surface area contributed by atoms with E-state index in [2.05, 4.69) is 37.2 Å². The predicted molar refractivity (Wildman–Crippen MR) is 186 cm³/mol. The fourth-order valence-electron chi connectivity index (χ4n) is 5.81. The van der Waals surface area contributed by atoms with Crippen LogP contribution in [0.2, 0.25) is 10.0 Å². The van der Waals surface area contributed by atoms with E-state index in [1.54, 1.807) is 37.7 Å². The molecule has 1 aliphatic rings. The van der Waals surface area contributed by atoms with Crippen LogP contribution in [0.5, 0.6) is 17.2 Å².